The summed E-state index contributed by atoms with van der Waals surface area (Å²) in [6.45, 7) is 8.19. The molecular weight excluding hydrogens is 302 g/mol. The summed E-state index contributed by atoms with van der Waals surface area (Å²) < 4.78 is 0. The number of hydrogen-bond donors (Lipinski definition) is 2. The fourth-order valence-corrected chi connectivity index (χ4v) is 3.39. The summed E-state index contributed by atoms with van der Waals surface area (Å²) in [5.74, 6) is 0.460. The molecule has 0 fully saturated rings. The molecule has 1 aromatic carbocycles. The molecule has 24 heavy (non-hydrogen) atoms. The van der Waals surface area contributed by atoms with Crippen LogP contribution in [0, 0.1) is 19.8 Å². The molecule has 0 bridgehead atoms. The van der Waals surface area contributed by atoms with Gasteiger partial charge in [-0.05, 0) is 31.9 Å². The number of carbonyl (C=O) groups excluding carboxylic acids is 1. The first-order chi connectivity index (χ1) is 11.5. The predicted molar refractivity (Wildman–Crippen MR) is 97.8 cm³/mol. The molecule has 0 radical (unpaired) electrons. The van der Waals surface area contributed by atoms with Crippen LogP contribution in [0.1, 0.15) is 18.3 Å². The molecule has 1 aliphatic rings. The Balaban J connectivity index is 1.80. The minimum atomic E-state index is -0.0193. The number of H-pyrrole nitrogens is 1. The third-order valence-corrected chi connectivity index (χ3v) is 4.48. The Morgan fingerprint density at radius 1 is 1.29 bits per heavy atom. The number of aromatic amines is 1. The van der Waals surface area contributed by atoms with E-state index in [4.69, 9.17) is 0 Å². The third kappa shape index (κ3) is 3.22. The van der Waals surface area contributed by atoms with Crippen LogP contribution in [-0.4, -0.2) is 42.8 Å². The van der Waals surface area contributed by atoms with Crippen LogP contribution in [0.4, 0.5) is 17.1 Å². The van der Waals surface area contributed by atoms with Gasteiger partial charge in [-0.15, -0.1) is 0 Å². The van der Waals surface area contributed by atoms with Gasteiger partial charge >= 0.3 is 0 Å². The molecule has 3 rings (SSSR count). The fraction of sp³-hybridized carbons (Fsp3) is 0.444. The highest BCUT2D eigenvalue weighted by molar-refractivity contribution is 5.95. The van der Waals surface area contributed by atoms with E-state index in [0.717, 1.165) is 35.9 Å². The molecule has 1 atom stereocenters. The Morgan fingerprint density at radius 2 is 2.00 bits per heavy atom. The van der Waals surface area contributed by atoms with E-state index in [9.17, 15) is 4.79 Å². The van der Waals surface area contributed by atoms with E-state index in [1.165, 1.54) is 5.69 Å². The van der Waals surface area contributed by atoms with Crippen molar-refractivity contribution in [2.45, 2.75) is 20.8 Å². The lowest BCUT2D eigenvalue weighted by molar-refractivity contribution is -0.115. The second kappa shape index (κ2) is 6.55. The van der Waals surface area contributed by atoms with Crippen molar-refractivity contribution >= 4 is 23.0 Å². The van der Waals surface area contributed by atoms with Crippen LogP contribution in [0.2, 0.25) is 0 Å². The average Bonchev–Trinajstić information content (AvgIpc) is 2.79. The smallest absolute Gasteiger partial charge is 0.243 e. The quantitative estimate of drug-likeness (QED) is 0.909. The van der Waals surface area contributed by atoms with E-state index < -0.39 is 0 Å². The third-order valence-electron chi connectivity index (χ3n) is 4.48. The van der Waals surface area contributed by atoms with Gasteiger partial charge in [0.25, 0.3) is 0 Å². The zero-order chi connectivity index (χ0) is 17.3. The number of anilines is 3. The van der Waals surface area contributed by atoms with Crippen molar-refractivity contribution < 1.29 is 4.79 Å². The van der Waals surface area contributed by atoms with E-state index in [2.05, 4.69) is 51.4 Å². The van der Waals surface area contributed by atoms with Crippen LogP contribution in [-0.2, 0) is 4.79 Å². The van der Waals surface area contributed by atoms with Crippen molar-refractivity contribution in [3.05, 3.63) is 35.7 Å². The van der Waals surface area contributed by atoms with E-state index >= 15 is 0 Å². The molecular formula is C18H25N5O. The van der Waals surface area contributed by atoms with Crippen molar-refractivity contribution in [1.29, 1.82) is 0 Å². The van der Waals surface area contributed by atoms with Crippen molar-refractivity contribution in [3.63, 3.8) is 0 Å². The Labute approximate surface area is 142 Å². The topological polar surface area (TPSA) is 64.3 Å². The monoisotopic (exact) mass is 327 g/mol. The number of para-hydroxylation sites is 2. The molecule has 2 heterocycles. The fourth-order valence-electron chi connectivity index (χ4n) is 3.39. The second-order valence-corrected chi connectivity index (χ2v) is 6.71. The first-order valence-electron chi connectivity index (χ1n) is 8.32. The molecule has 0 spiro atoms. The maximum Gasteiger partial charge on any atom is 0.243 e. The van der Waals surface area contributed by atoms with Gasteiger partial charge in [0.15, 0.2) is 0 Å². The summed E-state index contributed by atoms with van der Waals surface area (Å²) >= 11 is 0. The molecule has 1 aromatic heterocycles. The van der Waals surface area contributed by atoms with Gasteiger partial charge in [0.1, 0.15) is 0 Å². The number of fused-ring (bicyclic) bond motifs is 1. The standard InChI is InChI=1S/C18H25N5O/c1-12-9-22(4)15-7-5-6-8-16(15)23(10-12)11-17(24)19-18-13(2)20-21-14(18)3/h5-8,12H,9-11H2,1-4H3,(H,19,24)(H,20,21)/t12-/m1/s1. The van der Waals surface area contributed by atoms with Gasteiger partial charge in [-0.3, -0.25) is 9.89 Å². The Hall–Kier alpha value is -2.50. The Morgan fingerprint density at radius 3 is 2.67 bits per heavy atom. The minimum Gasteiger partial charge on any atom is -0.373 e. The predicted octanol–water partition coefficient (Wildman–Crippen LogP) is 2.56. The van der Waals surface area contributed by atoms with Crippen molar-refractivity contribution in [1.82, 2.24) is 10.2 Å². The molecule has 1 aliphatic heterocycles. The van der Waals surface area contributed by atoms with Crippen LogP contribution in [0.15, 0.2) is 24.3 Å². The molecule has 2 N–H and O–H groups in total. The molecule has 0 saturated carbocycles. The number of amides is 1. The number of nitrogens with one attached hydrogen (secondary N) is 2. The lowest BCUT2D eigenvalue weighted by atomic mass is 10.1. The summed E-state index contributed by atoms with van der Waals surface area (Å²) in [5, 5.41) is 10.0. The summed E-state index contributed by atoms with van der Waals surface area (Å²) in [6, 6.07) is 8.27. The number of carbonyl (C=O) groups is 1. The molecule has 1 amide bonds. The highest BCUT2D eigenvalue weighted by Gasteiger charge is 2.24. The van der Waals surface area contributed by atoms with Gasteiger partial charge in [-0.25, -0.2) is 0 Å². The van der Waals surface area contributed by atoms with Gasteiger partial charge < -0.3 is 15.1 Å². The number of benzene rings is 1. The molecule has 6 heteroatoms. The lowest BCUT2D eigenvalue weighted by Gasteiger charge is -2.25. The van der Waals surface area contributed by atoms with Gasteiger partial charge in [0.2, 0.25) is 5.91 Å². The molecule has 0 aliphatic carbocycles. The summed E-state index contributed by atoms with van der Waals surface area (Å²) in [5.41, 5.74) is 4.76. The molecule has 2 aromatic rings. The number of aryl methyl sites for hydroxylation is 2. The normalized spacial score (nSPS) is 17.4. The largest absolute Gasteiger partial charge is 0.373 e. The summed E-state index contributed by atoms with van der Waals surface area (Å²) in [6.07, 6.45) is 0. The number of aromatic nitrogens is 2. The maximum atomic E-state index is 12.6. The first kappa shape index (κ1) is 16.4. The van der Waals surface area contributed by atoms with Crippen LogP contribution < -0.4 is 15.1 Å². The second-order valence-electron chi connectivity index (χ2n) is 6.71. The molecule has 128 valence electrons. The highest BCUT2D eigenvalue weighted by Crippen LogP contribution is 2.32. The van der Waals surface area contributed by atoms with E-state index in [1.54, 1.807) is 0 Å². The minimum absolute atomic E-state index is 0.0193. The van der Waals surface area contributed by atoms with Gasteiger partial charge in [-0.1, -0.05) is 19.1 Å². The summed E-state index contributed by atoms with van der Waals surface area (Å²) in [4.78, 5) is 17.0. The van der Waals surface area contributed by atoms with Gasteiger partial charge in [0, 0.05) is 20.1 Å². The van der Waals surface area contributed by atoms with Gasteiger partial charge in [-0.2, -0.15) is 5.10 Å². The first-order valence-corrected chi connectivity index (χ1v) is 8.32. The van der Waals surface area contributed by atoms with Crippen LogP contribution in [0.25, 0.3) is 0 Å². The Bertz CT molecular complexity index is 719. The zero-order valence-corrected chi connectivity index (χ0v) is 14.8. The molecule has 0 unspecified atom stereocenters. The van der Waals surface area contributed by atoms with Crippen molar-refractivity contribution in [3.8, 4) is 0 Å². The number of rotatable bonds is 3. The number of nitrogens with zero attached hydrogens (tertiary/aromatic N) is 3. The summed E-state index contributed by atoms with van der Waals surface area (Å²) in [7, 11) is 2.11. The average molecular weight is 327 g/mol. The van der Waals surface area contributed by atoms with Crippen LogP contribution >= 0.6 is 0 Å². The lowest BCUT2D eigenvalue weighted by Crippen LogP contribution is -2.36. The van der Waals surface area contributed by atoms with Crippen LogP contribution in [0.3, 0.4) is 0 Å². The van der Waals surface area contributed by atoms with Crippen LogP contribution in [0.5, 0.6) is 0 Å². The van der Waals surface area contributed by atoms with E-state index in [1.807, 2.05) is 26.0 Å². The number of hydrogen-bond acceptors (Lipinski definition) is 4. The van der Waals surface area contributed by atoms with Crippen molar-refractivity contribution in [2.75, 3.05) is 41.8 Å². The van der Waals surface area contributed by atoms with E-state index in [-0.39, 0.29) is 5.91 Å². The zero-order valence-electron chi connectivity index (χ0n) is 14.8. The Kier molecular flexibility index (Phi) is 4.46. The van der Waals surface area contributed by atoms with Crippen molar-refractivity contribution in [2.24, 2.45) is 5.92 Å². The molecule has 0 saturated heterocycles. The van der Waals surface area contributed by atoms with E-state index in [0.29, 0.717) is 12.5 Å². The molecule has 6 nitrogen and oxygen atoms in total. The highest BCUT2D eigenvalue weighted by atomic mass is 16.2. The van der Waals surface area contributed by atoms with Gasteiger partial charge in [0.05, 0.1) is 35.0 Å². The SMILES string of the molecule is Cc1n[nH]c(C)c1NC(=O)CN1C[C@H](C)CN(C)c2ccccc21. The maximum absolute atomic E-state index is 12.6.